The molecule has 2 saturated heterocycles. The highest BCUT2D eigenvalue weighted by Gasteiger charge is 2.65. The summed E-state index contributed by atoms with van der Waals surface area (Å²) in [6, 6.07) is 0. The Kier molecular flexibility index (Phi) is 2.67. The van der Waals surface area contributed by atoms with Crippen LogP contribution in [0.5, 0.6) is 0 Å². The molecule has 0 bridgehead atoms. The fourth-order valence-electron chi connectivity index (χ4n) is 2.81. The number of carbonyl (C=O) groups is 1. The molecule has 2 aliphatic rings. The van der Waals surface area contributed by atoms with Crippen LogP contribution in [0.1, 0.15) is 12.6 Å². The molecule has 2 aromatic heterocycles. The molecule has 10 nitrogen and oxygen atoms in total. The van der Waals surface area contributed by atoms with E-state index in [1.807, 2.05) is 0 Å². The lowest BCUT2D eigenvalue weighted by molar-refractivity contribution is -0.153. The highest BCUT2D eigenvalue weighted by Crippen LogP contribution is 2.42. The van der Waals surface area contributed by atoms with Crippen molar-refractivity contribution in [3.8, 4) is 0 Å². The zero-order chi connectivity index (χ0) is 15.5. The van der Waals surface area contributed by atoms with Gasteiger partial charge in [-0.05, 0) is 0 Å². The Morgan fingerprint density at radius 3 is 2.95 bits per heavy atom. The first kappa shape index (κ1) is 13.4. The summed E-state index contributed by atoms with van der Waals surface area (Å²) in [5, 5.41) is 19.4. The van der Waals surface area contributed by atoms with E-state index in [4.69, 9.17) is 15.1 Å². The number of aliphatic hydroxyl groups is 1. The Morgan fingerprint density at radius 2 is 2.27 bits per heavy atom. The van der Waals surface area contributed by atoms with Crippen LogP contribution in [-0.4, -0.2) is 60.9 Å². The molecular formula is C11H12BN5O5. The number of ether oxygens (including phenoxy) is 1. The first-order valence-electron chi connectivity index (χ1n) is 6.67. The van der Waals surface area contributed by atoms with Gasteiger partial charge in [-0.25, -0.2) is 19.7 Å². The maximum atomic E-state index is 11.3. The third-order valence-corrected chi connectivity index (χ3v) is 4.07. The number of anilines is 1. The number of aliphatic carboxylic acids is 1. The molecule has 4 rings (SSSR count). The van der Waals surface area contributed by atoms with Crippen molar-refractivity contribution in [2.45, 2.75) is 30.4 Å². The molecular weight excluding hydrogens is 293 g/mol. The predicted octanol–water partition coefficient (Wildman–Crippen LogP) is -1.78. The summed E-state index contributed by atoms with van der Waals surface area (Å²) in [5.74, 6) is -0.898. The van der Waals surface area contributed by atoms with Crippen molar-refractivity contribution in [1.29, 1.82) is 0 Å². The summed E-state index contributed by atoms with van der Waals surface area (Å²) in [4.78, 5) is 23.4. The van der Waals surface area contributed by atoms with Gasteiger partial charge in [0.15, 0.2) is 17.0 Å². The molecule has 22 heavy (non-hydrogen) atoms. The first-order chi connectivity index (χ1) is 10.5. The van der Waals surface area contributed by atoms with E-state index in [0.717, 1.165) is 0 Å². The molecule has 4 atom stereocenters. The lowest BCUT2D eigenvalue weighted by Crippen LogP contribution is -2.44. The van der Waals surface area contributed by atoms with E-state index < -0.39 is 29.9 Å². The van der Waals surface area contributed by atoms with Gasteiger partial charge in [-0.2, -0.15) is 0 Å². The summed E-state index contributed by atoms with van der Waals surface area (Å²) in [5.41, 5.74) is 5.16. The number of hydrogen-bond acceptors (Lipinski definition) is 8. The number of nitrogens with two attached hydrogens (primary N) is 1. The normalized spacial score (nSPS) is 33.8. The maximum absolute atomic E-state index is 11.3. The summed E-state index contributed by atoms with van der Waals surface area (Å²) < 4.78 is 12.4. The van der Waals surface area contributed by atoms with Crippen LogP contribution < -0.4 is 5.73 Å². The topological polar surface area (TPSA) is 149 Å². The molecule has 0 radical (unpaired) electrons. The van der Waals surface area contributed by atoms with Gasteiger partial charge >= 0.3 is 13.5 Å². The van der Waals surface area contributed by atoms with Gasteiger partial charge in [0.2, 0.25) is 0 Å². The van der Waals surface area contributed by atoms with Gasteiger partial charge in [0.25, 0.3) is 0 Å². The summed E-state index contributed by atoms with van der Waals surface area (Å²) in [6.45, 7) is 0. The van der Waals surface area contributed by atoms with E-state index in [1.54, 1.807) is 4.57 Å². The third kappa shape index (κ3) is 1.73. The van der Waals surface area contributed by atoms with E-state index >= 15 is 0 Å². The number of nitrogen functional groups attached to an aromatic ring is 1. The lowest BCUT2D eigenvalue weighted by atomic mass is 9.80. The molecule has 4 N–H and O–H groups in total. The second-order valence-electron chi connectivity index (χ2n) is 5.38. The van der Waals surface area contributed by atoms with Crippen molar-refractivity contribution in [3.63, 3.8) is 0 Å². The van der Waals surface area contributed by atoms with E-state index in [2.05, 4.69) is 15.0 Å². The number of hydrogen-bond donors (Lipinski definition) is 3. The van der Waals surface area contributed by atoms with Gasteiger partial charge in [-0.15, -0.1) is 0 Å². The van der Waals surface area contributed by atoms with Crippen molar-refractivity contribution in [2.24, 2.45) is 0 Å². The molecule has 0 amide bonds. The average molecular weight is 305 g/mol. The molecule has 11 heteroatoms. The summed E-state index contributed by atoms with van der Waals surface area (Å²) in [6.07, 6.45) is 0.503. The molecule has 0 spiro atoms. The Balaban J connectivity index is 1.67. The zero-order valence-corrected chi connectivity index (χ0v) is 11.3. The second kappa shape index (κ2) is 4.38. The van der Waals surface area contributed by atoms with Gasteiger partial charge in [0, 0.05) is 6.42 Å². The molecule has 2 aromatic rings. The minimum absolute atomic E-state index is 0.0244. The summed E-state index contributed by atoms with van der Waals surface area (Å²) >= 11 is 0. The van der Waals surface area contributed by atoms with Crippen LogP contribution in [0.4, 0.5) is 5.82 Å². The molecule has 2 aliphatic heterocycles. The number of aromatic nitrogens is 4. The quantitative estimate of drug-likeness (QED) is 0.442. The standard InChI is InChI=1S/C11H12BN5O5/c13-8-6-9(15-2-14-8)17(3-16-6)5-1-4(18)7(21-5)11(10(19)20)12-22-11/h2-5,7,12,18H,1H2,(H,19,20)(H2,13,14,15)/t4-,5+,7-,11?/m0/s1. The molecule has 114 valence electrons. The van der Waals surface area contributed by atoms with Gasteiger partial charge in [-0.1, -0.05) is 0 Å². The number of carboxylic acid groups (broad SMARTS) is 1. The Morgan fingerprint density at radius 1 is 1.50 bits per heavy atom. The zero-order valence-electron chi connectivity index (χ0n) is 11.3. The molecule has 1 unspecified atom stereocenters. The highest BCUT2D eigenvalue weighted by molar-refractivity contribution is 6.51. The first-order valence-corrected chi connectivity index (χ1v) is 6.67. The monoisotopic (exact) mass is 305 g/mol. The fourth-order valence-corrected chi connectivity index (χ4v) is 2.81. The van der Waals surface area contributed by atoms with Crippen LogP contribution in [0.15, 0.2) is 12.7 Å². The van der Waals surface area contributed by atoms with E-state index in [1.165, 1.54) is 12.7 Å². The van der Waals surface area contributed by atoms with E-state index in [0.29, 0.717) is 11.2 Å². The maximum Gasteiger partial charge on any atom is 0.331 e. The SMILES string of the molecule is Nc1ncnc2c1ncn2[C@H]1C[C@H](O)[C@@H](C2(C(=O)O)BO2)O1. The number of aliphatic hydroxyl groups excluding tert-OH is 1. The third-order valence-electron chi connectivity index (χ3n) is 4.07. The Hall–Kier alpha value is -2.24. The lowest BCUT2D eigenvalue weighted by Gasteiger charge is -2.20. The molecule has 0 aliphatic carbocycles. The average Bonchev–Trinajstić information content (AvgIpc) is 3.02. The van der Waals surface area contributed by atoms with Gasteiger partial charge < -0.3 is 25.3 Å². The number of fused-ring (bicyclic) bond motifs is 1. The van der Waals surface area contributed by atoms with Crippen LogP contribution in [0.2, 0.25) is 0 Å². The Labute approximate surface area is 124 Å². The minimum Gasteiger partial charge on any atom is -0.480 e. The van der Waals surface area contributed by atoms with Crippen LogP contribution in [-0.2, 0) is 14.2 Å². The largest absolute Gasteiger partial charge is 0.480 e. The second-order valence-corrected chi connectivity index (χ2v) is 5.38. The van der Waals surface area contributed by atoms with Crippen molar-refractivity contribution < 1.29 is 24.4 Å². The van der Waals surface area contributed by atoms with Crippen molar-refractivity contribution in [2.75, 3.05) is 5.73 Å². The number of carboxylic acids is 1. The number of imidazole rings is 1. The smallest absolute Gasteiger partial charge is 0.331 e. The van der Waals surface area contributed by atoms with E-state index in [-0.39, 0.29) is 19.7 Å². The van der Waals surface area contributed by atoms with Crippen LogP contribution in [0.3, 0.4) is 0 Å². The predicted molar refractivity (Wildman–Crippen MR) is 72.9 cm³/mol. The van der Waals surface area contributed by atoms with Crippen LogP contribution in [0.25, 0.3) is 11.2 Å². The number of rotatable bonds is 3. The number of nitrogens with zero attached hydrogens (tertiary/aromatic N) is 4. The molecule has 0 saturated carbocycles. The summed E-state index contributed by atoms with van der Waals surface area (Å²) in [7, 11) is 0.0244. The van der Waals surface area contributed by atoms with Crippen LogP contribution >= 0.6 is 0 Å². The van der Waals surface area contributed by atoms with Crippen molar-refractivity contribution in [3.05, 3.63) is 12.7 Å². The van der Waals surface area contributed by atoms with Crippen molar-refractivity contribution >= 4 is 30.4 Å². The Bertz CT molecular complexity index is 762. The highest BCUT2D eigenvalue weighted by atomic mass is 16.6. The van der Waals surface area contributed by atoms with E-state index in [9.17, 15) is 15.0 Å². The van der Waals surface area contributed by atoms with Crippen molar-refractivity contribution in [1.82, 2.24) is 19.5 Å². The molecule has 2 fully saturated rings. The molecule has 4 heterocycles. The molecule has 0 aromatic carbocycles. The van der Waals surface area contributed by atoms with Gasteiger partial charge in [0.1, 0.15) is 24.2 Å². The fraction of sp³-hybridized carbons (Fsp3) is 0.455. The minimum atomic E-state index is -1.46. The van der Waals surface area contributed by atoms with Crippen LogP contribution in [0, 0.1) is 0 Å². The van der Waals surface area contributed by atoms with Gasteiger partial charge in [0.05, 0.1) is 12.4 Å². The van der Waals surface area contributed by atoms with Gasteiger partial charge in [-0.3, -0.25) is 4.57 Å².